The van der Waals surface area contributed by atoms with Crippen molar-refractivity contribution in [1.29, 1.82) is 0 Å². The van der Waals surface area contributed by atoms with Crippen LogP contribution in [0.1, 0.15) is 59.3 Å². The third-order valence-electron chi connectivity index (χ3n) is 4.06. The van der Waals surface area contributed by atoms with E-state index in [1.54, 1.807) is 0 Å². The molecule has 0 spiro atoms. The summed E-state index contributed by atoms with van der Waals surface area (Å²) in [5.41, 5.74) is 0.295. The van der Waals surface area contributed by atoms with Gasteiger partial charge in [-0.15, -0.1) is 12.4 Å². The molecule has 4 heteroatoms. The van der Waals surface area contributed by atoms with Crippen molar-refractivity contribution in [2.45, 2.75) is 65.3 Å². The second-order valence-electron chi connectivity index (χ2n) is 6.64. The van der Waals surface area contributed by atoms with Crippen molar-refractivity contribution in [3.63, 3.8) is 0 Å². The van der Waals surface area contributed by atoms with Gasteiger partial charge < -0.3 is 10.6 Å². The lowest BCUT2D eigenvalue weighted by Gasteiger charge is -2.40. The van der Waals surface area contributed by atoms with E-state index in [9.17, 15) is 4.79 Å². The molecule has 2 unspecified atom stereocenters. The molecule has 0 bridgehead atoms. The normalized spacial score (nSPS) is 23.6. The van der Waals surface area contributed by atoms with E-state index in [4.69, 9.17) is 0 Å². The quantitative estimate of drug-likeness (QED) is 0.764. The molecular weight excluding hydrogens is 260 g/mol. The Kier molecular flexibility index (Phi) is 8.67. The van der Waals surface area contributed by atoms with Crippen LogP contribution in [0.25, 0.3) is 0 Å². The minimum Gasteiger partial charge on any atom is -0.353 e. The fourth-order valence-electron chi connectivity index (χ4n) is 3.04. The molecule has 0 aromatic heterocycles. The number of carbonyl (C=O) groups is 1. The van der Waals surface area contributed by atoms with Crippen LogP contribution in [0, 0.1) is 11.3 Å². The smallest absolute Gasteiger partial charge is 0.220 e. The lowest BCUT2D eigenvalue weighted by molar-refractivity contribution is -0.122. The Labute approximate surface area is 124 Å². The summed E-state index contributed by atoms with van der Waals surface area (Å²) in [7, 11) is 1.93. The van der Waals surface area contributed by atoms with E-state index in [2.05, 4.69) is 31.4 Å². The SMILES string of the molecule is CNCCCC(=O)NC1CCCCC1C(C)(C)C.Cl. The van der Waals surface area contributed by atoms with Crippen molar-refractivity contribution >= 4 is 18.3 Å². The maximum atomic E-state index is 11.9. The molecule has 0 aromatic carbocycles. The zero-order valence-electron chi connectivity index (χ0n) is 12.9. The molecule has 1 fully saturated rings. The van der Waals surface area contributed by atoms with E-state index in [0.29, 0.717) is 23.8 Å². The summed E-state index contributed by atoms with van der Waals surface area (Å²) in [5.74, 6) is 0.853. The van der Waals surface area contributed by atoms with Crippen molar-refractivity contribution in [1.82, 2.24) is 10.6 Å². The number of carbonyl (C=O) groups excluding carboxylic acids is 1. The van der Waals surface area contributed by atoms with Gasteiger partial charge in [-0.05, 0) is 44.2 Å². The molecular formula is C15H31ClN2O. The topological polar surface area (TPSA) is 41.1 Å². The Balaban J connectivity index is 0.00000324. The van der Waals surface area contributed by atoms with Crippen LogP contribution in [0.5, 0.6) is 0 Å². The first-order valence-electron chi connectivity index (χ1n) is 7.39. The van der Waals surface area contributed by atoms with E-state index in [0.717, 1.165) is 19.4 Å². The monoisotopic (exact) mass is 290 g/mol. The maximum absolute atomic E-state index is 11.9. The average molecular weight is 291 g/mol. The van der Waals surface area contributed by atoms with Gasteiger partial charge in [0.05, 0.1) is 0 Å². The van der Waals surface area contributed by atoms with Gasteiger partial charge in [-0.1, -0.05) is 33.6 Å². The molecule has 0 radical (unpaired) electrons. The van der Waals surface area contributed by atoms with Gasteiger partial charge in [0.25, 0.3) is 0 Å². The predicted octanol–water partition coefficient (Wildman–Crippen LogP) is 3.13. The third kappa shape index (κ3) is 6.62. The lowest BCUT2D eigenvalue weighted by atomic mass is 9.69. The van der Waals surface area contributed by atoms with Crippen LogP contribution in [0.4, 0.5) is 0 Å². The minimum atomic E-state index is 0. The van der Waals surface area contributed by atoms with Gasteiger partial charge in [-0.25, -0.2) is 0 Å². The molecule has 1 aliphatic rings. The van der Waals surface area contributed by atoms with Gasteiger partial charge in [-0.3, -0.25) is 4.79 Å². The van der Waals surface area contributed by atoms with Crippen LogP contribution in [0.2, 0.25) is 0 Å². The number of nitrogens with one attached hydrogen (secondary N) is 2. The molecule has 0 aromatic rings. The van der Waals surface area contributed by atoms with Gasteiger partial charge in [0.2, 0.25) is 5.91 Å². The Morgan fingerprint density at radius 3 is 2.42 bits per heavy atom. The second-order valence-corrected chi connectivity index (χ2v) is 6.64. The van der Waals surface area contributed by atoms with Crippen molar-refractivity contribution in [3.05, 3.63) is 0 Å². The van der Waals surface area contributed by atoms with Gasteiger partial charge in [0.1, 0.15) is 0 Å². The number of rotatable bonds is 5. The summed E-state index contributed by atoms with van der Waals surface area (Å²) in [5, 5.41) is 6.35. The van der Waals surface area contributed by atoms with Crippen LogP contribution >= 0.6 is 12.4 Å². The van der Waals surface area contributed by atoms with Gasteiger partial charge in [0.15, 0.2) is 0 Å². The zero-order valence-corrected chi connectivity index (χ0v) is 13.7. The molecule has 19 heavy (non-hydrogen) atoms. The average Bonchev–Trinajstić information content (AvgIpc) is 2.28. The van der Waals surface area contributed by atoms with Gasteiger partial charge >= 0.3 is 0 Å². The van der Waals surface area contributed by atoms with Crippen molar-refractivity contribution in [2.24, 2.45) is 11.3 Å². The number of hydrogen-bond donors (Lipinski definition) is 2. The molecule has 3 nitrogen and oxygen atoms in total. The molecule has 1 aliphatic carbocycles. The lowest BCUT2D eigenvalue weighted by Crippen LogP contribution is -2.46. The summed E-state index contributed by atoms with van der Waals surface area (Å²) in [6.07, 6.45) is 6.55. The predicted molar refractivity (Wildman–Crippen MR) is 83.8 cm³/mol. The Hall–Kier alpha value is -0.280. The van der Waals surface area contributed by atoms with Crippen LogP contribution in [0.15, 0.2) is 0 Å². The van der Waals surface area contributed by atoms with Crippen LogP contribution in [-0.4, -0.2) is 25.5 Å². The summed E-state index contributed by atoms with van der Waals surface area (Å²) in [4.78, 5) is 11.9. The molecule has 1 rings (SSSR count). The maximum Gasteiger partial charge on any atom is 0.220 e. The van der Waals surface area contributed by atoms with E-state index >= 15 is 0 Å². The fourth-order valence-corrected chi connectivity index (χ4v) is 3.04. The van der Waals surface area contributed by atoms with Gasteiger partial charge in [0, 0.05) is 12.5 Å². The standard InChI is InChI=1S/C15H30N2O.ClH/c1-15(2,3)12-8-5-6-9-13(12)17-14(18)10-7-11-16-4;/h12-13,16H,5-11H2,1-4H3,(H,17,18);1H. The molecule has 0 saturated heterocycles. The van der Waals surface area contributed by atoms with Crippen molar-refractivity contribution < 1.29 is 4.79 Å². The first kappa shape index (κ1) is 18.7. The molecule has 2 atom stereocenters. The summed E-state index contributed by atoms with van der Waals surface area (Å²) in [6.45, 7) is 7.80. The van der Waals surface area contributed by atoms with Crippen molar-refractivity contribution in [2.75, 3.05) is 13.6 Å². The molecule has 1 saturated carbocycles. The second kappa shape index (κ2) is 8.80. The van der Waals surface area contributed by atoms with Gasteiger partial charge in [-0.2, -0.15) is 0 Å². The zero-order chi connectivity index (χ0) is 13.6. The molecule has 0 heterocycles. The third-order valence-corrected chi connectivity index (χ3v) is 4.06. The van der Waals surface area contributed by atoms with E-state index < -0.39 is 0 Å². The number of halogens is 1. The van der Waals surface area contributed by atoms with Crippen LogP contribution in [-0.2, 0) is 4.79 Å². The molecule has 2 N–H and O–H groups in total. The van der Waals surface area contributed by atoms with E-state index in [1.807, 2.05) is 7.05 Å². The number of amides is 1. The number of hydrogen-bond acceptors (Lipinski definition) is 2. The summed E-state index contributed by atoms with van der Waals surface area (Å²) < 4.78 is 0. The van der Waals surface area contributed by atoms with E-state index in [-0.39, 0.29) is 18.3 Å². The fraction of sp³-hybridized carbons (Fsp3) is 0.933. The first-order chi connectivity index (χ1) is 8.45. The Bertz CT molecular complexity index is 263. The van der Waals surface area contributed by atoms with Crippen LogP contribution < -0.4 is 10.6 Å². The van der Waals surface area contributed by atoms with E-state index in [1.165, 1.54) is 19.3 Å². The largest absolute Gasteiger partial charge is 0.353 e. The molecule has 0 aliphatic heterocycles. The Morgan fingerprint density at radius 2 is 1.84 bits per heavy atom. The summed E-state index contributed by atoms with van der Waals surface area (Å²) >= 11 is 0. The highest BCUT2D eigenvalue weighted by Crippen LogP contribution is 2.37. The highest BCUT2D eigenvalue weighted by atomic mass is 35.5. The molecule has 1 amide bonds. The molecule has 114 valence electrons. The van der Waals surface area contributed by atoms with Crippen molar-refractivity contribution in [3.8, 4) is 0 Å². The minimum absolute atomic E-state index is 0. The highest BCUT2D eigenvalue weighted by Gasteiger charge is 2.34. The van der Waals surface area contributed by atoms with Crippen LogP contribution in [0.3, 0.4) is 0 Å². The first-order valence-corrected chi connectivity index (χ1v) is 7.39. The summed E-state index contributed by atoms with van der Waals surface area (Å²) in [6, 6.07) is 0.390. The Morgan fingerprint density at radius 1 is 1.21 bits per heavy atom. The highest BCUT2D eigenvalue weighted by molar-refractivity contribution is 5.85.